The maximum Gasteiger partial charge on any atom is 0.410 e. The van der Waals surface area contributed by atoms with Gasteiger partial charge in [-0.05, 0) is 50.9 Å². The van der Waals surface area contributed by atoms with Crippen LogP contribution in [0.25, 0.3) is 0 Å². The summed E-state index contributed by atoms with van der Waals surface area (Å²) < 4.78 is 5.46. The van der Waals surface area contributed by atoms with Crippen LogP contribution in [0.3, 0.4) is 0 Å². The van der Waals surface area contributed by atoms with Crippen LogP contribution in [-0.2, 0) is 4.74 Å². The molecule has 2 N–H and O–H groups in total. The Labute approximate surface area is 123 Å². The molecule has 2 aliphatic rings. The molecule has 4 heteroatoms. The van der Waals surface area contributed by atoms with Gasteiger partial charge in [0.15, 0.2) is 0 Å². The van der Waals surface area contributed by atoms with Crippen molar-refractivity contribution in [3.8, 4) is 0 Å². The largest absolute Gasteiger partial charge is 0.444 e. The monoisotopic (exact) mass is 282 g/mol. The molecule has 116 valence electrons. The number of hydrogen-bond acceptors (Lipinski definition) is 3. The highest BCUT2D eigenvalue weighted by Gasteiger charge is 2.63. The maximum absolute atomic E-state index is 12.1. The normalized spacial score (nSPS) is 36.6. The number of carbonyl (C=O) groups excluding carboxylic acids is 1. The van der Waals surface area contributed by atoms with Gasteiger partial charge in [-0.3, -0.25) is 0 Å². The molecule has 1 amide bonds. The highest BCUT2D eigenvalue weighted by molar-refractivity contribution is 5.68. The van der Waals surface area contributed by atoms with Crippen molar-refractivity contribution in [2.24, 2.45) is 23.0 Å². The summed E-state index contributed by atoms with van der Waals surface area (Å²) >= 11 is 0. The Bertz CT molecular complexity index is 400. The molecular formula is C16H30N2O2. The lowest BCUT2D eigenvalue weighted by molar-refractivity contribution is 0.00784. The van der Waals surface area contributed by atoms with E-state index in [2.05, 4.69) is 20.8 Å². The van der Waals surface area contributed by atoms with Crippen molar-refractivity contribution in [2.75, 3.05) is 13.1 Å². The van der Waals surface area contributed by atoms with Gasteiger partial charge in [0, 0.05) is 18.6 Å². The molecule has 0 aromatic carbocycles. The van der Waals surface area contributed by atoms with Gasteiger partial charge in [0.1, 0.15) is 5.60 Å². The van der Waals surface area contributed by atoms with Gasteiger partial charge >= 0.3 is 6.09 Å². The first kappa shape index (κ1) is 15.6. The topological polar surface area (TPSA) is 55.6 Å². The van der Waals surface area contributed by atoms with Gasteiger partial charge in [-0.2, -0.15) is 0 Å². The number of amides is 1. The molecular weight excluding hydrogens is 252 g/mol. The molecule has 2 fully saturated rings. The highest BCUT2D eigenvalue weighted by Crippen LogP contribution is 2.60. The molecule has 0 spiro atoms. The minimum absolute atomic E-state index is 0.0353. The third-order valence-corrected chi connectivity index (χ3v) is 5.09. The van der Waals surface area contributed by atoms with E-state index in [-0.39, 0.29) is 17.0 Å². The Balaban J connectivity index is 1.95. The van der Waals surface area contributed by atoms with Gasteiger partial charge in [-0.15, -0.1) is 0 Å². The standard InChI is InChI=1S/C16H30N2O2/c1-11-9-18(13(19)20-14(2,3)4)8-7-12(11)16(17)10-15(16,5)6/h11-12H,7-10,17H2,1-6H3. The second-order valence-electron chi connectivity index (χ2n) is 8.40. The van der Waals surface area contributed by atoms with E-state index >= 15 is 0 Å². The van der Waals surface area contributed by atoms with Crippen LogP contribution in [0.5, 0.6) is 0 Å². The summed E-state index contributed by atoms with van der Waals surface area (Å²) in [5.41, 5.74) is 6.37. The quantitative estimate of drug-likeness (QED) is 0.804. The van der Waals surface area contributed by atoms with E-state index in [4.69, 9.17) is 10.5 Å². The van der Waals surface area contributed by atoms with Gasteiger partial charge in [0.25, 0.3) is 0 Å². The van der Waals surface area contributed by atoms with Gasteiger partial charge in [0.2, 0.25) is 0 Å². The second kappa shape index (κ2) is 4.62. The van der Waals surface area contributed by atoms with Crippen LogP contribution >= 0.6 is 0 Å². The molecule has 0 radical (unpaired) electrons. The Hall–Kier alpha value is -0.770. The number of nitrogens with zero attached hydrogens (tertiary/aromatic N) is 1. The maximum atomic E-state index is 12.1. The van der Waals surface area contributed by atoms with Crippen LogP contribution in [0.4, 0.5) is 4.79 Å². The smallest absolute Gasteiger partial charge is 0.410 e. The summed E-state index contributed by atoms with van der Waals surface area (Å²) in [5.74, 6) is 0.944. The molecule has 1 heterocycles. The number of likely N-dealkylation sites (tertiary alicyclic amines) is 1. The Kier molecular flexibility index (Phi) is 3.61. The van der Waals surface area contributed by atoms with E-state index in [1.54, 1.807) is 0 Å². The fraction of sp³-hybridized carbons (Fsp3) is 0.938. The molecule has 0 bridgehead atoms. The first-order valence-electron chi connectivity index (χ1n) is 7.73. The van der Waals surface area contributed by atoms with Crippen LogP contribution in [0.15, 0.2) is 0 Å². The van der Waals surface area contributed by atoms with Crippen molar-refractivity contribution < 1.29 is 9.53 Å². The van der Waals surface area contributed by atoms with Crippen LogP contribution in [0.1, 0.15) is 54.4 Å². The van der Waals surface area contributed by atoms with Crippen molar-refractivity contribution in [3.63, 3.8) is 0 Å². The first-order valence-corrected chi connectivity index (χ1v) is 7.73. The van der Waals surface area contributed by atoms with E-state index in [0.717, 1.165) is 25.9 Å². The number of carbonyl (C=O) groups is 1. The Morgan fingerprint density at radius 2 is 1.90 bits per heavy atom. The lowest BCUT2D eigenvalue weighted by Gasteiger charge is -2.41. The third-order valence-electron chi connectivity index (χ3n) is 5.09. The SMILES string of the molecule is CC1CN(C(=O)OC(C)(C)C)CCC1C1(N)CC1(C)C. The Morgan fingerprint density at radius 1 is 1.35 bits per heavy atom. The van der Waals surface area contributed by atoms with Crippen molar-refractivity contribution in [1.82, 2.24) is 4.90 Å². The Morgan fingerprint density at radius 3 is 2.30 bits per heavy atom. The predicted octanol–water partition coefficient (Wildman–Crippen LogP) is 3.01. The molecule has 1 saturated carbocycles. The van der Waals surface area contributed by atoms with E-state index in [1.165, 1.54) is 0 Å². The van der Waals surface area contributed by atoms with Crippen molar-refractivity contribution >= 4 is 6.09 Å². The minimum Gasteiger partial charge on any atom is -0.444 e. The number of ether oxygens (including phenoxy) is 1. The van der Waals surface area contributed by atoms with Crippen molar-refractivity contribution in [3.05, 3.63) is 0 Å². The molecule has 1 aliphatic carbocycles. The van der Waals surface area contributed by atoms with E-state index in [9.17, 15) is 4.79 Å². The lowest BCUT2D eigenvalue weighted by atomic mass is 9.77. The van der Waals surface area contributed by atoms with Crippen LogP contribution in [0, 0.1) is 17.3 Å². The number of nitrogens with two attached hydrogens (primary N) is 1. The zero-order valence-electron chi connectivity index (χ0n) is 13.8. The molecule has 3 unspecified atom stereocenters. The summed E-state index contributed by atoms with van der Waals surface area (Å²) in [4.78, 5) is 14.0. The highest BCUT2D eigenvalue weighted by atomic mass is 16.6. The number of rotatable bonds is 1. The molecule has 1 saturated heterocycles. The summed E-state index contributed by atoms with van der Waals surface area (Å²) in [7, 11) is 0. The fourth-order valence-electron chi connectivity index (χ4n) is 3.72. The summed E-state index contributed by atoms with van der Waals surface area (Å²) in [5, 5.41) is 0. The third kappa shape index (κ3) is 2.80. The summed E-state index contributed by atoms with van der Waals surface area (Å²) in [6, 6.07) is 0. The molecule has 4 nitrogen and oxygen atoms in total. The fourth-order valence-corrected chi connectivity index (χ4v) is 3.72. The van der Waals surface area contributed by atoms with Gasteiger partial charge in [0.05, 0.1) is 0 Å². The number of piperidine rings is 1. The summed E-state index contributed by atoms with van der Waals surface area (Å²) in [6.07, 6.45) is 1.89. The van der Waals surface area contributed by atoms with E-state index < -0.39 is 5.60 Å². The van der Waals surface area contributed by atoms with Gasteiger partial charge in [-0.25, -0.2) is 4.79 Å². The summed E-state index contributed by atoms with van der Waals surface area (Å²) in [6.45, 7) is 14.0. The average molecular weight is 282 g/mol. The molecule has 0 aromatic rings. The van der Waals surface area contributed by atoms with Crippen molar-refractivity contribution in [2.45, 2.75) is 65.5 Å². The van der Waals surface area contributed by atoms with Gasteiger partial charge in [-0.1, -0.05) is 20.8 Å². The number of hydrogen-bond donors (Lipinski definition) is 1. The van der Waals surface area contributed by atoms with Crippen LogP contribution < -0.4 is 5.73 Å². The van der Waals surface area contributed by atoms with Crippen LogP contribution in [-0.4, -0.2) is 35.2 Å². The molecule has 3 atom stereocenters. The molecule has 0 aromatic heterocycles. The molecule has 1 aliphatic heterocycles. The lowest BCUT2D eigenvalue weighted by Crippen LogP contribution is -2.51. The van der Waals surface area contributed by atoms with Crippen LogP contribution in [0.2, 0.25) is 0 Å². The second-order valence-corrected chi connectivity index (χ2v) is 8.40. The van der Waals surface area contributed by atoms with Gasteiger partial charge < -0.3 is 15.4 Å². The molecule has 20 heavy (non-hydrogen) atoms. The van der Waals surface area contributed by atoms with Crippen molar-refractivity contribution in [1.29, 1.82) is 0 Å². The van der Waals surface area contributed by atoms with E-state index in [0.29, 0.717) is 11.8 Å². The minimum atomic E-state index is -0.426. The average Bonchev–Trinajstić information content (AvgIpc) is 2.76. The first-order chi connectivity index (χ1) is 8.96. The molecule has 2 rings (SSSR count). The zero-order valence-corrected chi connectivity index (χ0v) is 13.8. The predicted molar refractivity (Wildman–Crippen MR) is 80.4 cm³/mol. The zero-order chi connectivity index (χ0) is 15.3. The van der Waals surface area contributed by atoms with E-state index in [1.807, 2.05) is 25.7 Å².